The summed E-state index contributed by atoms with van der Waals surface area (Å²) < 4.78 is 17.1. The number of benzene rings is 2. The van der Waals surface area contributed by atoms with Crippen LogP contribution in [0.1, 0.15) is 77.0 Å². The second kappa shape index (κ2) is 14.0. The fraction of sp³-hybridized carbons (Fsp3) is 0.571. The Morgan fingerprint density at radius 2 is 1.51 bits per heavy atom. The highest BCUT2D eigenvalue weighted by molar-refractivity contribution is 6.05. The van der Waals surface area contributed by atoms with Crippen molar-refractivity contribution in [1.29, 1.82) is 0 Å². The molecule has 0 radical (unpaired) electrons. The van der Waals surface area contributed by atoms with Crippen molar-refractivity contribution in [3.05, 3.63) is 42.5 Å². The van der Waals surface area contributed by atoms with Gasteiger partial charge in [0.1, 0.15) is 16.9 Å². The number of amides is 3. The third kappa shape index (κ3) is 7.31. The molecule has 2 saturated heterocycles. The molecule has 1 saturated carbocycles. The van der Waals surface area contributed by atoms with Gasteiger partial charge < -0.3 is 33.7 Å². The molecule has 10 heteroatoms. The van der Waals surface area contributed by atoms with Crippen LogP contribution in [0, 0.1) is 5.41 Å². The normalized spacial score (nSPS) is 18.5. The molecule has 6 rings (SSSR count). The molecular weight excluding hydrogens is 574 g/mol. The summed E-state index contributed by atoms with van der Waals surface area (Å²) in [5, 5.41) is 11.7. The van der Waals surface area contributed by atoms with Crippen molar-refractivity contribution in [2.45, 2.75) is 83.1 Å². The number of nitrogens with zero attached hydrogens (tertiary/aromatic N) is 3. The summed E-state index contributed by atoms with van der Waals surface area (Å²) in [5.41, 5.74) is 2.00. The molecule has 242 valence electrons. The van der Waals surface area contributed by atoms with E-state index in [0.29, 0.717) is 50.2 Å². The lowest BCUT2D eigenvalue weighted by molar-refractivity contribution is 0.0657. The van der Waals surface area contributed by atoms with E-state index in [1.165, 1.54) is 30.6 Å². The van der Waals surface area contributed by atoms with Crippen molar-refractivity contribution in [2.24, 2.45) is 5.41 Å². The van der Waals surface area contributed by atoms with Crippen LogP contribution in [0.4, 0.5) is 14.4 Å². The van der Waals surface area contributed by atoms with Crippen molar-refractivity contribution < 1.29 is 33.4 Å². The van der Waals surface area contributed by atoms with E-state index in [9.17, 15) is 19.5 Å². The number of ether oxygens (including phenoxy) is 2. The number of carbonyl (C=O) groups is 3. The van der Waals surface area contributed by atoms with Crippen LogP contribution in [0.2, 0.25) is 0 Å². The number of furan rings is 1. The first-order chi connectivity index (χ1) is 21.9. The van der Waals surface area contributed by atoms with Crippen LogP contribution in [0.15, 0.2) is 46.9 Å². The molecule has 3 heterocycles. The zero-order valence-corrected chi connectivity index (χ0v) is 26.1. The third-order valence-corrected chi connectivity index (χ3v) is 10.2. The predicted molar refractivity (Wildman–Crippen MR) is 171 cm³/mol. The van der Waals surface area contributed by atoms with Crippen LogP contribution < -0.4 is 4.74 Å². The van der Waals surface area contributed by atoms with Gasteiger partial charge in [0, 0.05) is 49.5 Å². The number of hydrogen-bond acceptors (Lipinski definition) is 6. The van der Waals surface area contributed by atoms with Gasteiger partial charge in [-0.25, -0.2) is 14.4 Å². The van der Waals surface area contributed by atoms with Gasteiger partial charge >= 0.3 is 18.3 Å². The molecule has 3 aliphatic rings. The predicted octanol–water partition coefficient (Wildman–Crippen LogP) is 7.88. The SMILES string of the molecule is O=C(OCCCCCCN(C(=O)O)C1CCN(C(=O)Oc2ccc3oc4ccccc4c3c2)CC1)N1CCC2(CCCC2)CC1. The van der Waals surface area contributed by atoms with Gasteiger partial charge in [0.2, 0.25) is 0 Å². The lowest BCUT2D eigenvalue weighted by Crippen LogP contribution is -2.49. The molecule has 1 spiro atoms. The van der Waals surface area contributed by atoms with Crippen molar-refractivity contribution in [3.8, 4) is 5.75 Å². The van der Waals surface area contributed by atoms with Gasteiger partial charge in [0.15, 0.2) is 0 Å². The highest BCUT2D eigenvalue weighted by atomic mass is 16.6. The minimum Gasteiger partial charge on any atom is -0.465 e. The summed E-state index contributed by atoms with van der Waals surface area (Å²) in [6.45, 7) is 3.36. The van der Waals surface area contributed by atoms with Gasteiger partial charge in [-0.2, -0.15) is 0 Å². The van der Waals surface area contributed by atoms with Crippen LogP contribution in [-0.4, -0.2) is 83.5 Å². The smallest absolute Gasteiger partial charge is 0.415 e. The summed E-state index contributed by atoms with van der Waals surface area (Å²) in [4.78, 5) is 42.5. The minimum absolute atomic E-state index is 0.130. The molecule has 0 unspecified atom stereocenters. The Hall–Kier alpha value is -3.95. The van der Waals surface area contributed by atoms with Gasteiger partial charge in [-0.3, -0.25) is 0 Å². The molecule has 3 fully saturated rings. The topological polar surface area (TPSA) is 113 Å². The highest BCUT2D eigenvalue weighted by Gasteiger charge is 2.38. The van der Waals surface area contributed by atoms with E-state index in [1.54, 1.807) is 17.0 Å². The van der Waals surface area contributed by atoms with E-state index in [4.69, 9.17) is 13.9 Å². The van der Waals surface area contributed by atoms with Crippen LogP contribution in [-0.2, 0) is 4.74 Å². The standard InChI is InChI=1S/C35H45N3O7/c39-32(40)38(19-7-1-2-8-24-43-33(41)37-22-17-35(18-23-37)15-5-6-16-35)26-13-20-36(21-14-26)34(42)44-27-11-12-31-29(25-27)28-9-3-4-10-30(28)45-31/h3-4,9-12,25-26H,1-2,5-8,13-24H2,(H,39,40). The number of hydrogen-bond donors (Lipinski definition) is 1. The summed E-state index contributed by atoms with van der Waals surface area (Å²) >= 11 is 0. The number of likely N-dealkylation sites (tertiary alicyclic amines) is 2. The molecule has 1 aliphatic carbocycles. The van der Waals surface area contributed by atoms with Crippen molar-refractivity contribution >= 4 is 40.2 Å². The van der Waals surface area contributed by atoms with Crippen LogP contribution >= 0.6 is 0 Å². The lowest BCUT2D eigenvalue weighted by Gasteiger charge is -2.38. The number of piperidine rings is 2. The molecule has 0 bridgehead atoms. The van der Waals surface area contributed by atoms with Gasteiger partial charge in [0.25, 0.3) is 0 Å². The number of carboxylic acid groups (broad SMARTS) is 1. The van der Waals surface area contributed by atoms with E-state index in [1.807, 2.05) is 35.2 Å². The molecule has 3 aromatic rings. The quantitative estimate of drug-likeness (QED) is 0.242. The lowest BCUT2D eigenvalue weighted by atomic mass is 9.77. The van der Waals surface area contributed by atoms with Crippen molar-refractivity contribution in [1.82, 2.24) is 14.7 Å². The molecule has 1 aromatic heterocycles. The number of carbonyl (C=O) groups excluding carboxylic acids is 2. The molecule has 3 amide bonds. The maximum Gasteiger partial charge on any atom is 0.415 e. The molecule has 2 aromatic carbocycles. The number of rotatable bonds is 9. The Morgan fingerprint density at radius 1 is 0.822 bits per heavy atom. The molecule has 1 N–H and O–H groups in total. The van der Waals surface area contributed by atoms with E-state index in [2.05, 4.69) is 0 Å². The fourth-order valence-electron chi connectivity index (χ4n) is 7.51. The summed E-state index contributed by atoms with van der Waals surface area (Å²) in [6, 6.07) is 13.0. The first-order valence-electron chi connectivity index (χ1n) is 16.7. The highest BCUT2D eigenvalue weighted by Crippen LogP contribution is 2.46. The Kier molecular flexibility index (Phi) is 9.66. The first kappa shape index (κ1) is 31.0. The Bertz CT molecular complexity index is 1480. The van der Waals surface area contributed by atoms with Crippen LogP contribution in [0.5, 0.6) is 5.75 Å². The van der Waals surface area contributed by atoms with Crippen molar-refractivity contribution in [2.75, 3.05) is 39.3 Å². The largest absolute Gasteiger partial charge is 0.465 e. The molecule has 45 heavy (non-hydrogen) atoms. The maximum atomic E-state index is 12.9. The van der Waals surface area contributed by atoms with E-state index >= 15 is 0 Å². The summed E-state index contributed by atoms with van der Waals surface area (Å²) in [6.07, 6.45) is 10.4. The average molecular weight is 620 g/mol. The molecule has 10 nitrogen and oxygen atoms in total. The third-order valence-electron chi connectivity index (χ3n) is 10.2. The number of para-hydroxylation sites is 1. The van der Waals surface area contributed by atoms with E-state index < -0.39 is 12.2 Å². The van der Waals surface area contributed by atoms with E-state index in [-0.39, 0.29) is 12.1 Å². The van der Waals surface area contributed by atoms with Gasteiger partial charge in [-0.05, 0) is 87.5 Å². The monoisotopic (exact) mass is 619 g/mol. The summed E-state index contributed by atoms with van der Waals surface area (Å²) in [5.74, 6) is 0.451. The van der Waals surface area contributed by atoms with Gasteiger partial charge in [0.05, 0.1) is 6.61 Å². The summed E-state index contributed by atoms with van der Waals surface area (Å²) in [7, 11) is 0. The minimum atomic E-state index is -0.925. The molecule has 0 atom stereocenters. The zero-order chi connectivity index (χ0) is 31.2. The number of unbranched alkanes of at least 4 members (excludes halogenated alkanes) is 3. The van der Waals surface area contributed by atoms with Crippen molar-refractivity contribution in [3.63, 3.8) is 0 Å². The second-order valence-electron chi connectivity index (χ2n) is 13.0. The maximum absolute atomic E-state index is 12.9. The Morgan fingerprint density at radius 3 is 2.27 bits per heavy atom. The second-order valence-corrected chi connectivity index (χ2v) is 13.0. The van der Waals surface area contributed by atoms with Gasteiger partial charge in [-0.15, -0.1) is 0 Å². The molecular formula is C35H45N3O7. The Labute approximate surface area is 264 Å². The first-order valence-corrected chi connectivity index (χ1v) is 16.7. The molecule has 2 aliphatic heterocycles. The van der Waals surface area contributed by atoms with Crippen LogP contribution in [0.25, 0.3) is 21.9 Å². The zero-order valence-electron chi connectivity index (χ0n) is 26.1. The number of fused-ring (bicyclic) bond motifs is 3. The fourth-order valence-corrected chi connectivity index (χ4v) is 7.51. The van der Waals surface area contributed by atoms with E-state index in [0.717, 1.165) is 73.6 Å². The Balaban J connectivity index is 0.873. The van der Waals surface area contributed by atoms with Crippen LogP contribution in [0.3, 0.4) is 0 Å². The average Bonchev–Trinajstić information content (AvgIpc) is 3.66. The van der Waals surface area contributed by atoms with Gasteiger partial charge in [-0.1, -0.05) is 37.5 Å².